The van der Waals surface area contributed by atoms with Gasteiger partial charge in [-0.2, -0.15) is 5.10 Å². The minimum atomic E-state index is -0.155. The lowest BCUT2D eigenvalue weighted by molar-refractivity contribution is 0.119. The predicted molar refractivity (Wildman–Crippen MR) is 102 cm³/mol. The van der Waals surface area contributed by atoms with Gasteiger partial charge in [0, 0.05) is 24.9 Å². The Morgan fingerprint density at radius 1 is 1.30 bits per heavy atom. The molecule has 7 nitrogen and oxygen atoms in total. The summed E-state index contributed by atoms with van der Waals surface area (Å²) < 4.78 is 7.95. The second-order valence-electron chi connectivity index (χ2n) is 7.32. The number of hydrogen-bond donors (Lipinski definition) is 2. The SMILES string of the molecule is CCc1nc2n(n1)CC(NC(=O)NCc1ccccc1OC1CCC1)CC2. The van der Waals surface area contributed by atoms with E-state index in [4.69, 9.17) is 4.74 Å². The van der Waals surface area contributed by atoms with E-state index in [0.29, 0.717) is 19.2 Å². The van der Waals surface area contributed by atoms with Crippen LogP contribution in [0, 0.1) is 0 Å². The van der Waals surface area contributed by atoms with E-state index in [1.165, 1.54) is 6.42 Å². The molecule has 1 aromatic carbocycles. The zero-order valence-corrected chi connectivity index (χ0v) is 15.8. The van der Waals surface area contributed by atoms with E-state index in [9.17, 15) is 4.79 Å². The van der Waals surface area contributed by atoms with Crippen LogP contribution in [0.1, 0.15) is 49.8 Å². The Labute approximate surface area is 159 Å². The van der Waals surface area contributed by atoms with E-state index in [0.717, 1.165) is 55.1 Å². The second-order valence-corrected chi connectivity index (χ2v) is 7.32. The molecule has 2 aliphatic rings. The Morgan fingerprint density at radius 3 is 2.93 bits per heavy atom. The number of aromatic nitrogens is 3. The zero-order chi connectivity index (χ0) is 18.6. The number of aryl methyl sites for hydroxylation is 2. The summed E-state index contributed by atoms with van der Waals surface area (Å²) in [6.07, 6.45) is 6.37. The van der Waals surface area contributed by atoms with Gasteiger partial charge in [-0.15, -0.1) is 0 Å². The van der Waals surface area contributed by atoms with Gasteiger partial charge in [0.15, 0.2) is 5.82 Å². The summed E-state index contributed by atoms with van der Waals surface area (Å²) in [5.74, 6) is 2.77. The maximum absolute atomic E-state index is 12.4. The lowest BCUT2D eigenvalue weighted by atomic mass is 9.96. The maximum atomic E-state index is 12.4. The third kappa shape index (κ3) is 4.23. The molecule has 2 N–H and O–H groups in total. The van der Waals surface area contributed by atoms with E-state index >= 15 is 0 Å². The highest BCUT2D eigenvalue weighted by Gasteiger charge is 2.23. The molecule has 0 spiro atoms. The fourth-order valence-corrected chi connectivity index (χ4v) is 3.47. The molecule has 1 unspecified atom stereocenters. The smallest absolute Gasteiger partial charge is 0.315 e. The van der Waals surface area contributed by atoms with Gasteiger partial charge in [-0.05, 0) is 31.7 Å². The molecular weight excluding hydrogens is 342 g/mol. The van der Waals surface area contributed by atoms with E-state index in [2.05, 4.69) is 27.6 Å². The van der Waals surface area contributed by atoms with Gasteiger partial charge in [0.25, 0.3) is 0 Å². The van der Waals surface area contributed by atoms with Crippen LogP contribution >= 0.6 is 0 Å². The number of amides is 2. The summed E-state index contributed by atoms with van der Waals surface area (Å²) in [7, 11) is 0. The summed E-state index contributed by atoms with van der Waals surface area (Å²) >= 11 is 0. The largest absolute Gasteiger partial charge is 0.490 e. The van der Waals surface area contributed by atoms with Gasteiger partial charge in [0.2, 0.25) is 0 Å². The molecule has 1 aliphatic heterocycles. The maximum Gasteiger partial charge on any atom is 0.315 e. The van der Waals surface area contributed by atoms with E-state index in [1.54, 1.807) is 0 Å². The van der Waals surface area contributed by atoms with Crippen molar-refractivity contribution < 1.29 is 9.53 Å². The quantitative estimate of drug-likeness (QED) is 0.820. The van der Waals surface area contributed by atoms with Crippen molar-refractivity contribution in [3.63, 3.8) is 0 Å². The predicted octanol–water partition coefficient (Wildman–Crippen LogP) is 2.59. The number of ether oxygens (including phenoxy) is 1. The molecule has 1 aliphatic carbocycles. The van der Waals surface area contributed by atoms with Crippen molar-refractivity contribution in [2.75, 3.05) is 0 Å². The summed E-state index contributed by atoms with van der Waals surface area (Å²) in [5, 5.41) is 10.5. The lowest BCUT2D eigenvalue weighted by Crippen LogP contribution is -2.45. The molecule has 1 fully saturated rings. The molecule has 0 bridgehead atoms. The van der Waals surface area contributed by atoms with Gasteiger partial charge in [0.05, 0.1) is 18.7 Å². The minimum Gasteiger partial charge on any atom is -0.490 e. The number of carbonyl (C=O) groups is 1. The molecule has 2 amide bonds. The zero-order valence-electron chi connectivity index (χ0n) is 15.8. The van der Waals surface area contributed by atoms with Crippen LogP contribution in [0.25, 0.3) is 0 Å². The average molecular weight is 369 g/mol. The van der Waals surface area contributed by atoms with Crippen LogP contribution in [0.15, 0.2) is 24.3 Å². The standard InChI is InChI=1S/C20H27N5O2/c1-2-18-23-19-11-10-15(13-25(19)24-18)22-20(26)21-12-14-6-3-4-9-17(14)27-16-7-5-8-16/h3-4,6,9,15-16H,2,5,7-8,10-13H2,1H3,(H2,21,22,26). The summed E-state index contributed by atoms with van der Waals surface area (Å²) in [6.45, 7) is 3.18. The van der Waals surface area contributed by atoms with Crippen molar-refractivity contribution >= 4 is 6.03 Å². The lowest BCUT2D eigenvalue weighted by Gasteiger charge is -2.27. The topological polar surface area (TPSA) is 81.1 Å². The number of carbonyl (C=O) groups excluding carboxylic acids is 1. The molecule has 144 valence electrons. The van der Waals surface area contributed by atoms with Crippen LogP contribution in [-0.2, 0) is 25.9 Å². The van der Waals surface area contributed by atoms with Crippen LogP contribution in [0.5, 0.6) is 5.75 Å². The molecule has 1 aromatic heterocycles. The molecule has 0 saturated heterocycles. The third-order valence-electron chi connectivity index (χ3n) is 5.31. The Kier molecular flexibility index (Phi) is 5.27. The van der Waals surface area contributed by atoms with Crippen molar-refractivity contribution in [1.82, 2.24) is 25.4 Å². The van der Waals surface area contributed by atoms with Crippen LogP contribution in [0.4, 0.5) is 4.79 Å². The minimum absolute atomic E-state index is 0.0744. The second kappa shape index (κ2) is 7.98. The van der Waals surface area contributed by atoms with Crippen molar-refractivity contribution in [3.8, 4) is 5.75 Å². The fourth-order valence-electron chi connectivity index (χ4n) is 3.47. The Balaban J connectivity index is 1.29. The van der Waals surface area contributed by atoms with E-state index in [-0.39, 0.29) is 12.1 Å². The van der Waals surface area contributed by atoms with E-state index in [1.807, 2.05) is 28.9 Å². The molecule has 27 heavy (non-hydrogen) atoms. The van der Waals surface area contributed by atoms with Crippen LogP contribution in [0.3, 0.4) is 0 Å². The monoisotopic (exact) mass is 369 g/mol. The first-order valence-corrected chi connectivity index (χ1v) is 9.92. The van der Waals surface area contributed by atoms with Crippen molar-refractivity contribution in [3.05, 3.63) is 41.5 Å². The number of hydrogen-bond acceptors (Lipinski definition) is 4. The first-order valence-electron chi connectivity index (χ1n) is 9.92. The highest BCUT2D eigenvalue weighted by Crippen LogP contribution is 2.27. The van der Waals surface area contributed by atoms with Crippen molar-refractivity contribution in [2.45, 2.75) is 70.7 Å². The summed E-state index contributed by atoms with van der Waals surface area (Å²) in [4.78, 5) is 16.9. The number of para-hydroxylation sites is 1. The normalized spacial score (nSPS) is 19.1. The third-order valence-corrected chi connectivity index (χ3v) is 5.31. The van der Waals surface area contributed by atoms with Crippen molar-refractivity contribution in [1.29, 1.82) is 0 Å². The number of benzene rings is 1. The Bertz CT molecular complexity index is 799. The molecule has 1 saturated carbocycles. The van der Waals surface area contributed by atoms with E-state index < -0.39 is 0 Å². The van der Waals surface area contributed by atoms with Gasteiger partial charge in [-0.25, -0.2) is 14.5 Å². The number of urea groups is 1. The number of nitrogens with zero attached hydrogens (tertiary/aromatic N) is 3. The molecule has 7 heteroatoms. The highest BCUT2D eigenvalue weighted by atomic mass is 16.5. The summed E-state index contributed by atoms with van der Waals surface area (Å²) in [6, 6.07) is 7.85. The first-order chi connectivity index (χ1) is 13.2. The molecule has 0 radical (unpaired) electrons. The molecule has 2 heterocycles. The van der Waals surface area contributed by atoms with Gasteiger partial charge in [-0.3, -0.25) is 0 Å². The Hall–Kier alpha value is -2.57. The van der Waals surface area contributed by atoms with Crippen LogP contribution in [0.2, 0.25) is 0 Å². The highest BCUT2D eigenvalue weighted by molar-refractivity contribution is 5.74. The van der Waals surface area contributed by atoms with Crippen LogP contribution in [-0.4, -0.2) is 32.9 Å². The first kappa shape index (κ1) is 17.8. The van der Waals surface area contributed by atoms with Crippen LogP contribution < -0.4 is 15.4 Å². The fraction of sp³-hybridized carbons (Fsp3) is 0.550. The number of nitrogens with one attached hydrogen (secondary N) is 2. The average Bonchev–Trinajstić information content (AvgIpc) is 3.06. The molecule has 2 aromatic rings. The number of rotatable bonds is 6. The molecule has 1 atom stereocenters. The van der Waals surface area contributed by atoms with Gasteiger partial charge >= 0.3 is 6.03 Å². The Morgan fingerprint density at radius 2 is 2.15 bits per heavy atom. The van der Waals surface area contributed by atoms with Crippen molar-refractivity contribution in [2.24, 2.45) is 0 Å². The van der Waals surface area contributed by atoms with Gasteiger partial charge in [0.1, 0.15) is 11.6 Å². The van der Waals surface area contributed by atoms with Gasteiger partial charge < -0.3 is 15.4 Å². The summed E-state index contributed by atoms with van der Waals surface area (Å²) in [5.41, 5.74) is 1.01. The number of fused-ring (bicyclic) bond motifs is 1. The molecular formula is C20H27N5O2. The van der Waals surface area contributed by atoms with Gasteiger partial charge in [-0.1, -0.05) is 25.1 Å². The molecule has 4 rings (SSSR count).